The number of nitrogens with one attached hydrogen (secondary N) is 1. The number of benzene rings is 1. The molecule has 1 rings (SSSR count). The topological polar surface area (TPSA) is 75.4 Å². The first-order valence-electron chi connectivity index (χ1n) is 6.94. The Morgan fingerprint density at radius 2 is 2.05 bits per heavy atom. The van der Waals surface area contributed by atoms with Gasteiger partial charge in [0.25, 0.3) is 5.91 Å². The Labute approximate surface area is 130 Å². The zero-order valence-corrected chi connectivity index (χ0v) is 13.4. The molecule has 5 nitrogen and oxygen atoms in total. The number of unbranched alkanes of at least 4 members (excludes halogenated alkanes) is 1. The first-order valence-corrected chi connectivity index (χ1v) is 7.32. The van der Waals surface area contributed by atoms with E-state index in [9.17, 15) is 9.59 Å². The zero-order valence-electron chi connectivity index (χ0n) is 12.6. The molecule has 2 amide bonds. The van der Waals surface area contributed by atoms with E-state index in [0.29, 0.717) is 22.7 Å². The highest BCUT2D eigenvalue weighted by Gasteiger charge is 2.16. The molecular formula is C15H22ClN3O2. The fourth-order valence-electron chi connectivity index (χ4n) is 1.79. The summed E-state index contributed by atoms with van der Waals surface area (Å²) in [5.41, 5.74) is 6.68. The summed E-state index contributed by atoms with van der Waals surface area (Å²) in [7, 11) is 3.33. The second-order valence-corrected chi connectivity index (χ2v) is 5.54. The van der Waals surface area contributed by atoms with Crippen molar-refractivity contribution in [2.24, 2.45) is 5.73 Å². The maximum absolute atomic E-state index is 12.0. The quantitative estimate of drug-likeness (QED) is 0.847. The van der Waals surface area contributed by atoms with E-state index in [-0.39, 0.29) is 11.8 Å². The highest BCUT2D eigenvalue weighted by Crippen LogP contribution is 2.24. The van der Waals surface area contributed by atoms with Gasteiger partial charge in [-0.25, -0.2) is 0 Å². The lowest BCUT2D eigenvalue weighted by molar-refractivity contribution is -0.117. The third-order valence-electron chi connectivity index (χ3n) is 3.08. The highest BCUT2D eigenvalue weighted by molar-refractivity contribution is 6.34. The van der Waals surface area contributed by atoms with E-state index < -0.39 is 6.04 Å². The zero-order chi connectivity index (χ0) is 16.0. The first-order chi connectivity index (χ1) is 9.86. The van der Waals surface area contributed by atoms with Crippen molar-refractivity contribution in [2.45, 2.75) is 32.2 Å². The van der Waals surface area contributed by atoms with Crippen molar-refractivity contribution >= 4 is 29.1 Å². The summed E-state index contributed by atoms with van der Waals surface area (Å²) in [5.74, 6) is -0.447. The van der Waals surface area contributed by atoms with Gasteiger partial charge in [0.1, 0.15) is 0 Å². The van der Waals surface area contributed by atoms with Gasteiger partial charge < -0.3 is 16.0 Å². The summed E-state index contributed by atoms with van der Waals surface area (Å²) in [6.45, 7) is 2.04. The van der Waals surface area contributed by atoms with Crippen LogP contribution in [0.15, 0.2) is 18.2 Å². The molecular weight excluding hydrogens is 290 g/mol. The molecule has 0 fully saturated rings. The number of hydrogen-bond acceptors (Lipinski definition) is 3. The molecule has 6 heteroatoms. The molecule has 0 spiro atoms. The summed E-state index contributed by atoms with van der Waals surface area (Å²) < 4.78 is 0. The fraction of sp³-hybridized carbons (Fsp3) is 0.467. The molecule has 0 aromatic heterocycles. The van der Waals surface area contributed by atoms with Gasteiger partial charge in [-0.1, -0.05) is 31.4 Å². The van der Waals surface area contributed by atoms with Gasteiger partial charge in [-0.3, -0.25) is 9.59 Å². The van der Waals surface area contributed by atoms with Crippen molar-refractivity contribution in [2.75, 3.05) is 19.4 Å². The standard InChI is InChI=1S/C15H22ClN3O2/c1-4-5-6-12(17)14(20)18-13-9-10(7-8-11(13)16)15(21)19(2)3/h7-9,12H,4-6,17H2,1-3H3,(H,18,20)/t12-/m0/s1. The Hall–Kier alpha value is -1.59. The van der Waals surface area contributed by atoms with Crippen LogP contribution in [0.1, 0.15) is 36.5 Å². The molecule has 0 radical (unpaired) electrons. The number of amides is 2. The van der Waals surface area contributed by atoms with E-state index in [4.69, 9.17) is 17.3 Å². The molecule has 0 saturated heterocycles. The van der Waals surface area contributed by atoms with E-state index in [1.165, 1.54) is 4.90 Å². The van der Waals surface area contributed by atoms with E-state index in [2.05, 4.69) is 5.32 Å². The predicted molar refractivity (Wildman–Crippen MR) is 85.6 cm³/mol. The average Bonchev–Trinajstić information content (AvgIpc) is 2.45. The summed E-state index contributed by atoms with van der Waals surface area (Å²) in [6, 6.07) is 4.20. The van der Waals surface area contributed by atoms with Crippen LogP contribution in [0, 0.1) is 0 Å². The van der Waals surface area contributed by atoms with E-state index in [1.54, 1.807) is 32.3 Å². The fourth-order valence-corrected chi connectivity index (χ4v) is 1.96. The van der Waals surface area contributed by atoms with Gasteiger partial charge in [0.2, 0.25) is 5.91 Å². The van der Waals surface area contributed by atoms with Crippen LogP contribution >= 0.6 is 11.6 Å². The summed E-state index contributed by atoms with van der Waals surface area (Å²) in [5, 5.41) is 3.06. The molecule has 1 atom stereocenters. The van der Waals surface area contributed by atoms with Gasteiger partial charge >= 0.3 is 0 Å². The van der Waals surface area contributed by atoms with Crippen molar-refractivity contribution in [1.29, 1.82) is 0 Å². The van der Waals surface area contributed by atoms with E-state index in [1.807, 2.05) is 6.92 Å². The molecule has 3 N–H and O–H groups in total. The van der Waals surface area contributed by atoms with Crippen molar-refractivity contribution < 1.29 is 9.59 Å². The maximum Gasteiger partial charge on any atom is 0.253 e. The summed E-state index contributed by atoms with van der Waals surface area (Å²) >= 11 is 6.05. The van der Waals surface area contributed by atoms with Gasteiger partial charge in [-0.15, -0.1) is 0 Å². The summed E-state index contributed by atoms with van der Waals surface area (Å²) in [6.07, 6.45) is 2.49. The summed E-state index contributed by atoms with van der Waals surface area (Å²) in [4.78, 5) is 25.4. The highest BCUT2D eigenvalue weighted by atomic mass is 35.5. The molecule has 116 valence electrons. The monoisotopic (exact) mass is 311 g/mol. The lowest BCUT2D eigenvalue weighted by atomic mass is 10.1. The van der Waals surface area contributed by atoms with Gasteiger partial charge in [0, 0.05) is 19.7 Å². The second kappa shape index (κ2) is 8.00. The van der Waals surface area contributed by atoms with Crippen molar-refractivity contribution in [3.63, 3.8) is 0 Å². The largest absolute Gasteiger partial charge is 0.345 e. The SMILES string of the molecule is CCCC[C@H](N)C(=O)Nc1cc(C(=O)N(C)C)ccc1Cl. The number of anilines is 1. The Morgan fingerprint density at radius 3 is 2.62 bits per heavy atom. The van der Waals surface area contributed by atoms with Crippen LogP contribution in [0.5, 0.6) is 0 Å². The van der Waals surface area contributed by atoms with E-state index >= 15 is 0 Å². The van der Waals surface area contributed by atoms with Gasteiger partial charge in [0.05, 0.1) is 16.8 Å². The molecule has 0 aliphatic heterocycles. The first kappa shape index (κ1) is 17.5. The number of carbonyl (C=O) groups is 2. The van der Waals surface area contributed by atoms with Crippen LogP contribution < -0.4 is 11.1 Å². The third kappa shape index (κ3) is 5.02. The second-order valence-electron chi connectivity index (χ2n) is 5.13. The number of nitrogens with two attached hydrogens (primary N) is 1. The average molecular weight is 312 g/mol. The Kier molecular flexibility index (Phi) is 6.65. The number of hydrogen-bond donors (Lipinski definition) is 2. The van der Waals surface area contributed by atoms with Crippen molar-refractivity contribution in [3.05, 3.63) is 28.8 Å². The molecule has 0 bridgehead atoms. The molecule has 0 aliphatic rings. The van der Waals surface area contributed by atoms with E-state index in [0.717, 1.165) is 12.8 Å². The number of nitrogens with zero attached hydrogens (tertiary/aromatic N) is 1. The normalized spacial score (nSPS) is 11.9. The lowest BCUT2D eigenvalue weighted by Crippen LogP contribution is -2.35. The molecule has 1 aromatic rings. The molecule has 0 heterocycles. The minimum absolute atomic E-state index is 0.155. The smallest absolute Gasteiger partial charge is 0.253 e. The molecule has 0 unspecified atom stereocenters. The van der Waals surface area contributed by atoms with Crippen LogP contribution in [0.25, 0.3) is 0 Å². The Balaban J connectivity index is 2.85. The number of halogens is 1. The van der Waals surface area contributed by atoms with Crippen LogP contribution in [0.4, 0.5) is 5.69 Å². The Morgan fingerprint density at radius 1 is 1.38 bits per heavy atom. The minimum Gasteiger partial charge on any atom is -0.345 e. The van der Waals surface area contributed by atoms with Gasteiger partial charge in [-0.2, -0.15) is 0 Å². The van der Waals surface area contributed by atoms with Crippen molar-refractivity contribution in [1.82, 2.24) is 4.90 Å². The third-order valence-corrected chi connectivity index (χ3v) is 3.41. The maximum atomic E-state index is 12.0. The van der Waals surface area contributed by atoms with Gasteiger partial charge in [0.15, 0.2) is 0 Å². The van der Waals surface area contributed by atoms with Crippen LogP contribution in [-0.4, -0.2) is 36.9 Å². The molecule has 21 heavy (non-hydrogen) atoms. The van der Waals surface area contributed by atoms with Crippen molar-refractivity contribution in [3.8, 4) is 0 Å². The molecule has 0 saturated carbocycles. The van der Waals surface area contributed by atoms with Crippen LogP contribution in [-0.2, 0) is 4.79 Å². The van der Waals surface area contributed by atoms with Gasteiger partial charge in [-0.05, 0) is 24.6 Å². The predicted octanol–water partition coefficient (Wildman–Crippen LogP) is 2.50. The van der Waals surface area contributed by atoms with Crippen LogP contribution in [0.2, 0.25) is 5.02 Å². The minimum atomic E-state index is -0.575. The Bertz CT molecular complexity index is 518. The number of carbonyl (C=O) groups excluding carboxylic acids is 2. The number of rotatable bonds is 6. The van der Waals surface area contributed by atoms with Crippen LogP contribution in [0.3, 0.4) is 0 Å². The molecule has 0 aliphatic carbocycles. The molecule has 1 aromatic carbocycles. The lowest BCUT2D eigenvalue weighted by Gasteiger charge is -2.15.